The summed E-state index contributed by atoms with van der Waals surface area (Å²) in [4.78, 5) is 23.9. The molecule has 0 saturated heterocycles. The van der Waals surface area contributed by atoms with Crippen molar-refractivity contribution < 1.29 is 35.9 Å². The van der Waals surface area contributed by atoms with Gasteiger partial charge in [0.15, 0.2) is 6.61 Å². The third-order valence-corrected chi connectivity index (χ3v) is 6.32. The molecular formula is C23H20F3N3O5S. The zero-order valence-corrected chi connectivity index (χ0v) is 19.2. The molecule has 0 atom stereocenters. The molecule has 2 aromatic rings. The molecule has 0 aliphatic rings. The molecule has 0 unspecified atom stereocenters. The maximum atomic E-state index is 13.3. The molecule has 184 valence electrons. The number of carbonyl (C=O) groups is 2. The number of allylic oxidation sites excluding steroid dienone is 1. The van der Waals surface area contributed by atoms with Crippen molar-refractivity contribution in [1.29, 1.82) is 5.26 Å². The molecule has 0 aromatic heterocycles. The summed E-state index contributed by atoms with van der Waals surface area (Å²) in [5.74, 6) is -1.90. The monoisotopic (exact) mass is 507 g/mol. The number of halogens is 3. The van der Waals surface area contributed by atoms with Gasteiger partial charge in [-0.1, -0.05) is 18.2 Å². The number of hydrogen-bond donors (Lipinski definition) is 1. The number of nitrogens with zero attached hydrogens (tertiary/aromatic N) is 2. The molecule has 8 nitrogen and oxygen atoms in total. The van der Waals surface area contributed by atoms with Gasteiger partial charge in [0.25, 0.3) is 10.0 Å². The van der Waals surface area contributed by atoms with Gasteiger partial charge >= 0.3 is 12.1 Å². The number of ketones is 1. The van der Waals surface area contributed by atoms with E-state index in [1.807, 2.05) is 0 Å². The average Bonchev–Trinajstić information content (AvgIpc) is 2.80. The summed E-state index contributed by atoms with van der Waals surface area (Å²) in [7, 11) is -4.44. The highest BCUT2D eigenvalue weighted by molar-refractivity contribution is 7.92. The number of nitriles is 1. The Kier molecular flexibility index (Phi) is 8.43. The Morgan fingerprint density at radius 2 is 1.86 bits per heavy atom. The van der Waals surface area contributed by atoms with Crippen LogP contribution in [0.5, 0.6) is 0 Å². The van der Waals surface area contributed by atoms with Gasteiger partial charge in [-0.2, -0.15) is 18.4 Å². The number of Topliss-reactive ketones (excluding diaryl/α,β-unsaturated/α-hetero) is 1. The quantitative estimate of drug-likeness (QED) is 0.238. The van der Waals surface area contributed by atoms with Gasteiger partial charge in [-0.25, -0.2) is 13.2 Å². The third-order valence-electron chi connectivity index (χ3n) is 4.53. The number of carbonyl (C=O) groups excluding carboxylic acids is 2. The van der Waals surface area contributed by atoms with E-state index < -0.39 is 45.0 Å². The van der Waals surface area contributed by atoms with Crippen molar-refractivity contribution in [3.05, 3.63) is 83.6 Å². The topological polar surface area (TPSA) is 131 Å². The Balaban J connectivity index is 2.37. The van der Waals surface area contributed by atoms with E-state index in [1.54, 1.807) is 6.07 Å². The second-order valence-electron chi connectivity index (χ2n) is 7.07. The lowest BCUT2D eigenvalue weighted by Gasteiger charge is -2.24. The molecule has 0 fully saturated rings. The molecule has 0 saturated carbocycles. The van der Waals surface area contributed by atoms with Crippen molar-refractivity contribution >= 4 is 27.5 Å². The lowest BCUT2D eigenvalue weighted by atomic mass is 10.1. The number of hydrogen-bond acceptors (Lipinski definition) is 7. The van der Waals surface area contributed by atoms with E-state index in [9.17, 15) is 31.2 Å². The summed E-state index contributed by atoms with van der Waals surface area (Å²) in [6.07, 6.45) is -3.50. The first-order valence-corrected chi connectivity index (χ1v) is 11.2. The van der Waals surface area contributed by atoms with E-state index in [4.69, 9.17) is 15.7 Å². The van der Waals surface area contributed by atoms with Crippen molar-refractivity contribution in [3.63, 3.8) is 0 Å². The van der Waals surface area contributed by atoms with Gasteiger partial charge in [0, 0.05) is 5.70 Å². The van der Waals surface area contributed by atoms with Crippen molar-refractivity contribution in [3.8, 4) is 6.07 Å². The van der Waals surface area contributed by atoms with Crippen LogP contribution < -0.4 is 10.0 Å². The van der Waals surface area contributed by atoms with Crippen LogP contribution in [0.2, 0.25) is 0 Å². The summed E-state index contributed by atoms with van der Waals surface area (Å²) in [5, 5.41) is 8.94. The first-order chi connectivity index (χ1) is 16.3. The van der Waals surface area contributed by atoms with Gasteiger partial charge < -0.3 is 10.5 Å². The summed E-state index contributed by atoms with van der Waals surface area (Å²) in [6.45, 7) is 3.62. The smallest absolute Gasteiger partial charge is 0.416 e. The minimum atomic E-state index is -4.69. The number of alkyl halides is 3. The molecule has 0 spiro atoms. The van der Waals surface area contributed by atoms with E-state index in [2.05, 4.69) is 6.58 Å². The van der Waals surface area contributed by atoms with Crippen LogP contribution in [0.25, 0.3) is 0 Å². The number of sulfonamides is 1. The molecule has 0 bridgehead atoms. The van der Waals surface area contributed by atoms with Crippen LogP contribution in [-0.2, 0) is 25.7 Å². The fraction of sp³-hybridized carbons (Fsp3) is 0.174. The Hall–Kier alpha value is -4.11. The first-order valence-electron chi connectivity index (χ1n) is 9.80. The summed E-state index contributed by atoms with van der Waals surface area (Å²) >= 11 is 0. The number of anilines is 1. The second kappa shape index (κ2) is 10.9. The molecule has 2 N–H and O–H groups in total. The Morgan fingerprint density at radius 3 is 2.43 bits per heavy atom. The zero-order chi connectivity index (χ0) is 26.4. The Morgan fingerprint density at radius 1 is 1.20 bits per heavy atom. The number of ether oxygens (including phenoxy) is 1. The van der Waals surface area contributed by atoms with Crippen LogP contribution in [0, 0.1) is 11.3 Å². The molecule has 35 heavy (non-hydrogen) atoms. The number of nitrogens with two attached hydrogens (primary N) is 1. The predicted octanol–water partition coefficient (Wildman–Crippen LogP) is 3.57. The van der Waals surface area contributed by atoms with E-state index >= 15 is 0 Å². The fourth-order valence-electron chi connectivity index (χ4n) is 2.86. The highest BCUT2D eigenvalue weighted by Crippen LogP contribution is 2.33. The summed E-state index contributed by atoms with van der Waals surface area (Å²) in [5.41, 5.74) is 3.44. The minimum Gasteiger partial charge on any atom is -0.454 e. The van der Waals surface area contributed by atoms with E-state index in [0.29, 0.717) is 10.4 Å². The number of benzene rings is 2. The Labute approximate surface area is 199 Å². The lowest BCUT2D eigenvalue weighted by Crippen LogP contribution is -2.31. The third kappa shape index (κ3) is 6.48. The highest BCUT2D eigenvalue weighted by Gasteiger charge is 2.32. The van der Waals surface area contributed by atoms with E-state index in [-0.39, 0.29) is 29.1 Å². The van der Waals surface area contributed by atoms with Crippen LogP contribution in [0.3, 0.4) is 0 Å². The molecule has 0 aliphatic carbocycles. The summed E-state index contributed by atoms with van der Waals surface area (Å²) < 4.78 is 71.5. The van der Waals surface area contributed by atoms with Crippen molar-refractivity contribution in [1.82, 2.24) is 0 Å². The highest BCUT2D eigenvalue weighted by atomic mass is 32.2. The van der Waals surface area contributed by atoms with Gasteiger partial charge in [0.1, 0.15) is 11.6 Å². The maximum absolute atomic E-state index is 13.3. The van der Waals surface area contributed by atoms with Gasteiger partial charge in [-0.3, -0.25) is 9.10 Å². The van der Waals surface area contributed by atoms with Crippen LogP contribution in [-0.4, -0.2) is 33.3 Å². The molecule has 0 aliphatic heterocycles. The molecule has 12 heteroatoms. The standard InChI is InChI=1S/C23H20F3N3O5S/c1-3-10-29(18-8-5-7-17(12-18)23(24,25)26)35(32,33)19-9-4-6-16(11-19)22(31)34-14-21(30)20(13-27)15(2)28/h3-9,11-12H,1,10,14,28H2,2H3/b20-15+. The zero-order valence-electron chi connectivity index (χ0n) is 18.4. The van der Waals surface area contributed by atoms with E-state index in [1.165, 1.54) is 31.2 Å². The van der Waals surface area contributed by atoms with E-state index in [0.717, 1.165) is 24.3 Å². The van der Waals surface area contributed by atoms with Crippen molar-refractivity contribution in [2.24, 2.45) is 5.73 Å². The molecule has 2 rings (SSSR count). The summed E-state index contributed by atoms with van der Waals surface area (Å²) in [6, 6.07) is 9.92. The molecular weight excluding hydrogens is 487 g/mol. The minimum absolute atomic E-state index is 0.0569. The van der Waals surface area contributed by atoms with Gasteiger partial charge in [0.2, 0.25) is 5.78 Å². The maximum Gasteiger partial charge on any atom is 0.416 e. The van der Waals surface area contributed by atoms with Crippen LogP contribution >= 0.6 is 0 Å². The lowest BCUT2D eigenvalue weighted by molar-refractivity contribution is -0.137. The number of rotatable bonds is 9. The molecule has 2 aromatic carbocycles. The van der Waals surface area contributed by atoms with Crippen molar-refractivity contribution in [2.75, 3.05) is 17.5 Å². The van der Waals surface area contributed by atoms with Crippen molar-refractivity contribution in [2.45, 2.75) is 18.0 Å². The molecule has 0 radical (unpaired) electrons. The first kappa shape index (κ1) is 27.1. The predicted molar refractivity (Wildman–Crippen MR) is 120 cm³/mol. The normalized spacial score (nSPS) is 12.2. The largest absolute Gasteiger partial charge is 0.454 e. The number of esters is 1. The fourth-order valence-corrected chi connectivity index (χ4v) is 4.34. The van der Waals surface area contributed by atoms with Gasteiger partial charge in [-0.15, -0.1) is 6.58 Å². The van der Waals surface area contributed by atoms with Crippen LogP contribution in [0.4, 0.5) is 18.9 Å². The SMILES string of the molecule is C=CCN(c1cccc(C(F)(F)F)c1)S(=O)(=O)c1cccc(C(=O)OCC(=O)/C(C#N)=C(\C)N)c1. The second-order valence-corrected chi connectivity index (χ2v) is 8.93. The van der Waals surface area contributed by atoms with Crippen LogP contribution in [0.1, 0.15) is 22.8 Å². The van der Waals surface area contributed by atoms with Gasteiger partial charge in [-0.05, 0) is 43.3 Å². The Bertz CT molecular complexity index is 1320. The van der Waals surface area contributed by atoms with Gasteiger partial charge in [0.05, 0.1) is 28.3 Å². The van der Waals surface area contributed by atoms with Crippen LogP contribution in [0.15, 0.2) is 77.4 Å². The molecule has 0 heterocycles. The molecule has 0 amide bonds. The average molecular weight is 507 g/mol.